The van der Waals surface area contributed by atoms with Gasteiger partial charge in [0.25, 0.3) is 5.95 Å². The number of ether oxygens (including phenoxy) is 1. The van der Waals surface area contributed by atoms with Gasteiger partial charge >= 0.3 is 0 Å². The van der Waals surface area contributed by atoms with Crippen LogP contribution in [0.4, 0.5) is 0 Å². The SMILES string of the molecule is COc1oc2ccccc2c1[C@H]1[C@H](c2ccccc2)C1(C#N)C#N. The Kier molecular flexibility index (Phi) is 3.08. The molecule has 1 aliphatic rings. The second-order valence-corrected chi connectivity index (χ2v) is 5.96. The molecule has 0 unspecified atom stereocenters. The Morgan fingerprint density at radius 3 is 2.29 bits per heavy atom. The molecule has 0 saturated heterocycles. The van der Waals surface area contributed by atoms with E-state index in [2.05, 4.69) is 12.1 Å². The van der Waals surface area contributed by atoms with E-state index in [0.717, 1.165) is 16.5 Å². The van der Waals surface area contributed by atoms with Crippen LogP contribution in [0.2, 0.25) is 0 Å². The molecule has 1 aromatic heterocycles. The summed E-state index contributed by atoms with van der Waals surface area (Å²) in [5.41, 5.74) is 1.40. The zero-order valence-corrected chi connectivity index (χ0v) is 13.1. The molecule has 0 amide bonds. The molecular formula is C20H14N2O2. The zero-order chi connectivity index (χ0) is 16.7. The van der Waals surface area contributed by atoms with Crippen LogP contribution in [0, 0.1) is 28.1 Å². The molecule has 24 heavy (non-hydrogen) atoms. The molecule has 1 aliphatic carbocycles. The van der Waals surface area contributed by atoms with Crippen molar-refractivity contribution in [2.45, 2.75) is 11.8 Å². The number of methoxy groups -OCH3 is 1. The Bertz CT molecular complexity index is 978. The molecule has 116 valence electrons. The fourth-order valence-corrected chi connectivity index (χ4v) is 3.69. The van der Waals surface area contributed by atoms with E-state index in [4.69, 9.17) is 9.15 Å². The van der Waals surface area contributed by atoms with Gasteiger partial charge in [0.2, 0.25) is 0 Å². The molecule has 4 rings (SSSR count). The summed E-state index contributed by atoms with van der Waals surface area (Å²) in [4.78, 5) is 0. The quantitative estimate of drug-likeness (QED) is 0.720. The predicted octanol–water partition coefficient (Wildman–Crippen LogP) is 4.36. The summed E-state index contributed by atoms with van der Waals surface area (Å²) in [7, 11) is 1.54. The lowest BCUT2D eigenvalue weighted by molar-refractivity contribution is 0.311. The molecule has 0 N–H and O–H groups in total. The Morgan fingerprint density at radius 1 is 0.958 bits per heavy atom. The van der Waals surface area contributed by atoms with Crippen LogP contribution in [-0.2, 0) is 0 Å². The molecule has 3 aromatic rings. The third-order valence-electron chi connectivity index (χ3n) is 4.83. The van der Waals surface area contributed by atoms with Crippen molar-refractivity contribution in [2.75, 3.05) is 7.11 Å². The lowest BCUT2D eigenvalue weighted by Gasteiger charge is -2.01. The van der Waals surface area contributed by atoms with E-state index >= 15 is 0 Å². The van der Waals surface area contributed by atoms with Gasteiger partial charge in [0.15, 0.2) is 5.41 Å². The minimum absolute atomic E-state index is 0.191. The second kappa shape index (κ2) is 5.15. The van der Waals surface area contributed by atoms with Crippen molar-refractivity contribution in [1.29, 1.82) is 10.5 Å². The van der Waals surface area contributed by atoms with Gasteiger partial charge in [0.05, 0.1) is 24.8 Å². The Hall–Kier alpha value is -3.24. The maximum Gasteiger partial charge on any atom is 0.288 e. The fraction of sp³-hybridized carbons (Fsp3) is 0.200. The highest BCUT2D eigenvalue weighted by Gasteiger charge is 2.69. The van der Waals surface area contributed by atoms with Crippen LogP contribution in [0.5, 0.6) is 5.95 Å². The van der Waals surface area contributed by atoms with E-state index in [-0.39, 0.29) is 11.8 Å². The Morgan fingerprint density at radius 2 is 1.62 bits per heavy atom. The lowest BCUT2D eigenvalue weighted by Crippen LogP contribution is -1.98. The van der Waals surface area contributed by atoms with E-state index in [1.54, 1.807) is 7.11 Å². The number of para-hydroxylation sites is 1. The first-order valence-corrected chi connectivity index (χ1v) is 7.69. The second-order valence-electron chi connectivity index (χ2n) is 5.96. The molecule has 1 saturated carbocycles. The van der Waals surface area contributed by atoms with Crippen molar-refractivity contribution in [3.8, 4) is 18.1 Å². The third kappa shape index (κ3) is 1.77. The summed E-state index contributed by atoms with van der Waals surface area (Å²) in [5.74, 6) is -0.0772. The Labute approximate surface area is 139 Å². The van der Waals surface area contributed by atoms with Gasteiger partial charge < -0.3 is 9.15 Å². The highest BCUT2D eigenvalue weighted by Crippen LogP contribution is 2.71. The van der Waals surface area contributed by atoms with Gasteiger partial charge in [-0.25, -0.2) is 0 Å². The van der Waals surface area contributed by atoms with Gasteiger partial charge in [0.1, 0.15) is 5.58 Å². The van der Waals surface area contributed by atoms with Gasteiger partial charge in [-0.2, -0.15) is 10.5 Å². The molecule has 0 bridgehead atoms. The molecule has 1 fully saturated rings. The largest absolute Gasteiger partial charge is 0.468 e. The number of furan rings is 1. The number of hydrogen-bond acceptors (Lipinski definition) is 4. The molecule has 1 heterocycles. The standard InChI is InChI=1S/C20H14N2O2/c1-23-19-16(14-9-5-6-10-15(14)24-19)18-17(20(18,11-21)12-22)13-7-3-2-4-8-13/h2-10,17-18H,1H3/t17-,18-/m0/s1. The van der Waals surface area contributed by atoms with E-state index in [0.29, 0.717) is 11.5 Å². The van der Waals surface area contributed by atoms with Gasteiger partial charge in [-0.3, -0.25) is 0 Å². The molecule has 2 atom stereocenters. The fourth-order valence-electron chi connectivity index (χ4n) is 3.69. The van der Waals surface area contributed by atoms with Crippen molar-refractivity contribution in [2.24, 2.45) is 5.41 Å². The van der Waals surface area contributed by atoms with Crippen LogP contribution >= 0.6 is 0 Å². The number of fused-ring (bicyclic) bond motifs is 1. The van der Waals surface area contributed by atoms with Crippen LogP contribution < -0.4 is 4.74 Å². The molecular weight excluding hydrogens is 300 g/mol. The maximum absolute atomic E-state index is 9.75. The average Bonchev–Trinajstić information content (AvgIpc) is 3.17. The normalized spacial score (nSPS) is 21.0. The molecule has 0 aliphatic heterocycles. The van der Waals surface area contributed by atoms with Gasteiger partial charge in [-0.05, 0) is 11.6 Å². The van der Waals surface area contributed by atoms with Crippen molar-refractivity contribution in [1.82, 2.24) is 0 Å². The summed E-state index contributed by atoms with van der Waals surface area (Å²) >= 11 is 0. The highest BCUT2D eigenvalue weighted by atomic mass is 16.6. The summed E-state index contributed by atoms with van der Waals surface area (Å²) in [5, 5.41) is 20.4. The monoisotopic (exact) mass is 314 g/mol. The minimum atomic E-state index is -1.10. The first kappa shape index (κ1) is 14.4. The number of hydrogen-bond donors (Lipinski definition) is 0. The molecule has 0 radical (unpaired) electrons. The van der Waals surface area contributed by atoms with Crippen LogP contribution in [0.1, 0.15) is 23.0 Å². The van der Waals surface area contributed by atoms with Crippen molar-refractivity contribution in [3.63, 3.8) is 0 Å². The van der Waals surface area contributed by atoms with Crippen LogP contribution in [-0.4, -0.2) is 7.11 Å². The van der Waals surface area contributed by atoms with Crippen LogP contribution in [0.15, 0.2) is 59.0 Å². The smallest absolute Gasteiger partial charge is 0.288 e. The summed E-state index contributed by atoms with van der Waals surface area (Å²) in [6, 6.07) is 21.8. The first-order valence-electron chi connectivity index (χ1n) is 7.69. The first-order chi connectivity index (χ1) is 11.8. The van der Waals surface area contributed by atoms with E-state index in [9.17, 15) is 10.5 Å². The number of nitrogens with zero attached hydrogens (tertiary/aromatic N) is 2. The van der Waals surface area contributed by atoms with Crippen LogP contribution in [0.25, 0.3) is 11.0 Å². The lowest BCUT2D eigenvalue weighted by atomic mass is 10.0. The van der Waals surface area contributed by atoms with Crippen molar-refractivity contribution in [3.05, 3.63) is 65.7 Å². The van der Waals surface area contributed by atoms with Crippen molar-refractivity contribution < 1.29 is 9.15 Å². The third-order valence-corrected chi connectivity index (χ3v) is 4.83. The van der Waals surface area contributed by atoms with Crippen molar-refractivity contribution >= 4 is 11.0 Å². The molecule has 4 nitrogen and oxygen atoms in total. The summed E-state index contributed by atoms with van der Waals surface area (Å²) in [6.07, 6.45) is 0. The zero-order valence-electron chi connectivity index (χ0n) is 13.1. The highest BCUT2D eigenvalue weighted by molar-refractivity contribution is 5.86. The van der Waals surface area contributed by atoms with Gasteiger partial charge in [0, 0.05) is 17.2 Å². The summed E-state index contributed by atoms with van der Waals surface area (Å²) in [6.45, 7) is 0. The average molecular weight is 314 g/mol. The van der Waals surface area contributed by atoms with E-state index in [1.165, 1.54) is 0 Å². The van der Waals surface area contributed by atoms with E-state index < -0.39 is 5.41 Å². The van der Waals surface area contributed by atoms with E-state index in [1.807, 2.05) is 54.6 Å². The van der Waals surface area contributed by atoms with Gasteiger partial charge in [-0.15, -0.1) is 0 Å². The summed E-state index contributed by atoms with van der Waals surface area (Å²) < 4.78 is 11.2. The predicted molar refractivity (Wildman–Crippen MR) is 88.3 cm³/mol. The minimum Gasteiger partial charge on any atom is -0.468 e. The topological polar surface area (TPSA) is 69.9 Å². The number of nitriles is 2. The Balaban J connectivity index is 1.93. The van der Waals surface area contributed by atoms with Gasteiger partial charge in [-0.1, -0.05) is 48.5 Å². The number of benzene rings is 2. The molecule has 0 spiro atoms. The number of rotatable bonds is 3. The molecule has 4 heteroatoms. The van der Waals surface area contributed by atoms with Crippen LogP contribution in [0.3, 0.4) is 0 Å². The maximum atomic E-state index is 9.75. The molecule has 2 aromatic carbocycles.